The maximum absolute atomic E-state index is 12.0. The van der Waals surface area contributed by atoms with Gasteiger partial charge in [0.05, 0.1) is 6.61 Å². The van der Waals surface area contributed by atoms with E-state index in [9.17, 15) is 14.4 Å². The molecule has 1 atom stereocenters. The number of thiol groups is 1. The number of ether oxygens (including phenoxy) is 1. The zero-order valence-corrected chi connectivity index (χ0v) is 13.8. The average Bonchev–Trinajstić information content (AvgIpc) is 2.41. The number of carboxylic acid groups (broad SMARTS) is 1. The lowest BCUT2D eigenvalue weighted by molar-refractivity contribution is -0.147. The quantitative estimate of drug-likeness (QED) is 0.470. The highest BCUT2D eigenvalue weighted by Crippen LogP contribution is 2.07. The van der Waals surface area contributed by atoms with Crippen LogP contribution in [0.1, 0.15) is 33.6 Å². The van der Waals surface area contributed by atoms with Gasteiger partial charge in [-0.1, -0.05) is 20.8 Å². The molecule has 0 aromatic rings. The molecule has 122 valence electrons. The smallest absolute Gasteiger partial charge is 0.323 e. The highest BCUT2D eigenvalue weighted by atomic mass is 32.1. The minimum absolute atomic E-state index is 0.172. The van der Waals surface area contributed by atoms with Crippen molar-refractivity contribution in [3.05, 3.63) is 0 Å². The fraction of sp³-hybridized carbons (Fsp3) is 0.786. The third-order valence-electron chi connectivity index (χ3n) is 2.72. The lowest BCUT2D eigenvalue weighted by Crippen LogP contribution is -2.40. The predicted molar refractivity (Wildman–Crippen MR) is 82.3 cm³/mol. The largest absolute Gasteiger partial charge is 0.480 e. The summed E-state index contributed by atoms with van der Waals surface area (Å²) >= 11 is 4.04. The second kappa shape index (κ2) is 10.5. The molecule has 1 amide bonds. The summed E-state index contributed by atoms with van der Waals surface area (Å²) in [6, 6.07) is 0. The van der Waals surface area contributed by atoms with Crippen LogP contribution in [0.2, 0.25) is 0 Å². The highest BCUT2D eigenvalue weighted by molar-refractivity contribution is 7.80. The fourth-order valence-electron chi connectivity index (χ4n) is 1.57. The zero-order chi connectivity index (χ0) is 16.4. The molecule has 0 saturated heterocycles. The van der Waals surface area contributed by atoms with Crippen molar-refractivity contribution in [3.8, 4) is 0 Å². The molecule has 0 aromatic heterocycles. The van der Waals surface area contributed by atoms with E-state index in [0.717, 1.165) is 0 Å². The van der Waals surface area contributed by atoms with Crippen LogP contribution in [0, 0.1) is 11.8 Å². The Hall–Kier alpha value is -1.24. The molecule has 0 aromatic carbocycles. The van der Waals surface area contributed by atoms with Crippen molar-refractivity contribution < 1.29 is 24.2 Å². The van der Waals surface area contributed by atoms with Gasteiger partial charge in [0, 0.05) is 24.6 Å². The Kier molecular flexibility index (Phi) is 9.86. The van der Waals surface area contributed by atoms with Gasteiger partial charge >= 0.3 is 11.9 Å². The highest BCUT2D eigenvalue weighted by Gasteiger charge is 2.21. The number of carbonyl (C=O) groups excluding carboxylic acids is 2. The number of esters is 1. The van der Waals surface area contributed by atoms with Crippen LogP contribution in [0.25, 0.3) is 0 Å². The molecule has 0 heterocycles. The summed E-state index contributed by atoms with van der Waals surface area (Å²) in [6.07, 6.45) is 0.556. The molecule has 0 aliphatic carbocycles. The van der Waals surface area contributed by atoms with Gasteiger partial charge in [-0.15, -0.1) is 0 Å². The van der Waals surface area contributed by atoms with Crippen molar-refractivity contribution >= 4 is 30.5 Å². The van der Waals surface area contributed by atoms with Crippen molar-refractivity contribution in [3.63, 3.8) is 0 Å². The maximum Gasteiger partial charge on any atom is 0.323 e. The molecule has 21 heavy (non-hydrogen) atoms. The van der Waals surface area contributed by atoms with Gasteiger partial charge in [0.2, 0.25) is 5.91 Å². The van der Waals surface area contributed by atoms with Crippen LogP contribution in [0.5, 0.6) is 0 Å². The number of nitrogens with zero attached hydrogens (tertiary/aromatic N) is 1. The first-order valence-electron chi connectivity index (χ1n) is 7.05. The molecule has 0 fully saturated rings. The molecule has 0 saturated carbocycles. The standard InChI is InChI=1S/C14H25NO5S/c1-10(2)8-20-13(18)5-4-6-15(7-12(16)17)14(19)11(3)9-21/h10-11,21H,4-9H2,1-3H3,(H,16,17)/t11-/m1/s1. The van der Waals surface area contributed by atoms with Crippen molar-refractivity contribution in [2.75, 3.05) is 25.4 Å². The van der Waals surface area contributed by atoms with E-state index in [2.05, 4.69) is 12.6 Å². The summed E-state index contributed by atoms with van der Waals surface area (Å²) in [7, 11) is 0. The third kappa shape index (κ3) is 9.33. The maximum atomic E-state index is 12.0. The zero-order valence-electron chi connectivity index (χ0n) is 12.9. The topological polar surface area (TPSA) is 83.9 Å². The Morgan fingerprint density at radius 1 is 1.24 bits per heavy atom. The molecule has 0 aliphatic rings. The van der Waals surface area contributed by atoms with E-state index in [4.69, 9.17) is 9.84 Å². The number of hydrogen-bond acceptors (Lipinski definition) is 5. The molecule has 0 rings (SSSR count). The summed E-state index contributed by atoms with van der Waals surface area (Å²) < 4.78 is 5.02. The Morgan fingerprint density at radius 2 is 1.86 bits per heavy atom. The van der Waals surface area contributed by atoms with E-state index < -0.39 is 5.97 Å². The van der Waals surface area contributed by atoms with Gasteiger partial charge in [-0.05, 0) is 12.3 Å². The molecule has 6 nitrogen and oxygen atoms in total. The van der Waals surface area contributed by atoms with E-state index >= 15 is 0 Å². The lowest BCUT2D eigenvalue weighted by atomic mass is 10.1. The van der Waals surface area contributed by atoms with Crippen LogP contribution in [-0.4, -0.2) is 53.3 Å². The molecule has 0 unspecified atom stereocenters. The summed E-state index contributed by atoms with van der Waals surface area (Å²) in [5.74, 6) is -1.38. The van der Waals surface area contributed by atoms with Crippen LogP contribution >= 0.6 is 12.6 Å². The number of amides is 1. The molecular formula is C14H25NO5S. The number of rotatable bonds is 10. The van der Waals surface area contributed by atoms with Gasteiger partial charge in [-0.25, -0.2) is 0 Å². The van der Waals surface area contributed by atoms with Gasteiger partial charge in [-0.3, -0.25) is 14.4 Å². The first kappa shape index (κ1) is 19.8. The first-order valence-corrected chi connectivity index (χ1v) is 7.68. The fourth-order valence-corrected chi connectivity index (χ4v) is 1.72. The Morgan fingerprint density at radius 3 is 2.33 bits per heavy atom. The monoisotopic (exact) mass is 319 g/mol. The van der Waals surface area contributed by atoms with E-state index in [0.29, 0.717) is 18.8 Å². The predicted octanol–water partition coefficient (Wildman–Crippen LogP) is 1.44. The minimum Gasteiger partial charge on any atom is -0.480 e. The van der Waals surface area contributed by atoms with Crippen LogP contribution < -0.4 is 0 Å². The van der Waals surface area contributed by atoms with Gasteiger partial charge in [0.25, 0.3) is 0 Å². The van der Waals surface area contributed by atoms with Crippen molar-refractivity contribution in [2.24, 2.45) is 11.8 Å². The van der Waals surface area contributed by atoms with Gasteiger partial charge in [-0.2, -0.15) is 12.6 Å². The summed E-state index contributed by atoms with van der Waals surface area (Å²) in [6.45, 7) is 5.81. The van der Waals surface area contributed by atoms with E-state index in [-0.39, 0.29) is 43.2 Å². The second-order valence-electron chi connectivity index (χ2n) is 5.42. The van der Waals surface area contributed by atoms with Crippen LogP contribution in [0.3, 0.4) is 0 Å². The van der Waals surface area contributed by atoms with E-state index in [1.54, 1.807) is 6.92 Å². The Balaban J connectivity index is 4.27. The van der Waals surface area contributed by atoms with E-state index in [1.807, 2.05) is 13.8 Å². The lowest BCUT2D eigenvalue weighted by Gasteiger charge is -2.23. The van der Waals surface area contributed by atoms with Gasteiger partial charge in [0.15, 0.2) is 0 Å². The third-order valence-corrected chi connectivity index (χ3v) is 3.27. The molecule has 0 radical (unpaired) electrons. The summed E-state index contributed by atoms with van der Waals surface area (Å²) in [5, 5.41) is 8.84. The van der Waals surface area contributed by atoms with Crippen molar-refractivity contribution in [1.29, 1.82) is 0 Å². The molecule has 7 heteroatoms. The van der Waals surface area contributed by atoms with Gasteiger partial charge in [0.1, 0.15) is 6.54 Å². The van der Waals surface area contributed by atoms with Crippen LogP contribution in [0.4, 0.5) is 0 Å². The normalized spacial score (nSPS) is 12.0. The van der Waals surface area contributed by atoms with Crippen molar-refractivity contribution in [2.45, 2.75) is 33.6 Å². The molecule has 1 N–H and O–H groups in total. The Labute approximate surface area is 131 Å². The number of hydrogen-bond donors (Lipinski definition) is 2. The van der Waals surface area contributed by atoms with Gasteiger partial charge < -0.3 is 14.7 Å². The summed E-state index contributed by atoms with van der Waals surface area (Å²) in [4.78, 5) is 35.5. The molecule has 0 spiro atoms. The number of carboxylic acids is 1. The molecule has 0 bridgehead atoms. The molecule has 0 aliphatic heterocycles. The number of aliphatic carboxylic acids is 1. The molecular weight excluding hydrogens is 294 g/mol. The SMILES string of the molecule is CC(C)COC(=O)CCCN(CC(=O)O)C(=O)[C@H](C)CS. The first-order chi connectivity index (χ1) is 9.77. The van der Waals surface area contributed by atoms with Crippen molar-refractivity contribution in [1.82, 2.24) is 4.90 Å². The van der Waals surface area contributed by atoms with Crippen LogP contribution in [-0.2, 0) is 19.1 Å². The minimum atomic E-state index is -1.07. The second-order valence-corrected chi connectivity index (χ2v) is 5.78. The van der Waals surface area contributed by atoms with Crippen LogP contribution in [0.15, 0.2) is 0 Å². The Bertz CT molecular complexity index is 359. The summed E-state index contributed by atoms with van der Waals surface area (Å²) in [5.41, 5.74) is 0. The van der Waals surface area contributed by atoms with E-state index in [1.165, 1.54) is 4.90 Å². The average molecular weight is 319 g/mol. The number of carbonyl (C=O) groups is 3.